The Kier molecular flexibility index (Phi) is 7.26. The van der Waals surface area contributed by atoms with Gasteiger partial charge in [-0.15, -0.1) is 6.42 Å². The van der Waals surface area contributed by atoms with Crippen molar-refractivity contribution in [1.82, 2.24) is 0 Å². The van der Waals surface area contributed by atoms with E-state index in [-0.39, 0.29) is 6.10 Å². The number of carbonyl (C=O) groups is 1. The van der Waals surface area contributed by atoms with Crippen molar-refractivity contribution < 1.29 is 19.0 Å². The van der Waals surface area contributed by atoms with E-state index in [2.05, 4.69) is 21.9 Å². The Balaban J connectivity index is 2.09. The number of terminal acetylenes is 1. The molecule has 3 atom stereocenters. The normalized spacial score (nSPS) is 23.5. The van der Waals surface area contributed by atoms with E-state index in [0.717, 1.165) is 10.0 Å². The summed E-state index contributed by atoms with van der Waals surface area (Å²) in [5.41, 5.74) is 1.05. The highest BCUT2D eigenvalue weighted by atomic mass is 79.9. The van der Waals surface area contributed by atoms with Crippen molar-refractivity contribution in [3.8, 4) is 12.3 Å². The van der Waals surface area contributed by atoms with Gasteiger partial charge in [-0.05, 0) is 24.6 Å². The fourth-order valence-corrected chi connectivity index (χ4v) is 2.69. The summed E-state index contributed by atoms with van der Waals surface area (Å²) in [5, 5.41) is 0. The number of hydrogen-bond acceptors (Lipinski definition) is 4. The first-order chi connectivity index (χ1) is 11.6. The van der Waals surface area contributed by atoms with Gasteiger partial charge in [0.05, 0.1) is 13.2 Å². The van der Waals surface area contributed by atoms with Crippen LogP contribution in [0.25, 0.3) is 0 Å². The van der Waals surface area contributed by atoms with Crippen molar-refractivity contribution in [2.45, 2.75) is 31.8 Å². The maximum absolute atomic E-state index is 11.5. The molecule has 0 N–H and O–H groups in total. The Hall–Kier alpha value is -1.87. The van der Waals surface area contributed by atoms with E-state index in [0.29, 0.717) is 13.2 Å². The number of carbonyl (C=O) groups excluding carboxylic acids is 1. The lowest BCUT2D eigenvalue weighted by Crippen LogP contribution is -2.36. The molecule has 1 aromatic carbocycles. The van der Waals surface area contributed by atoms with E-state index >= 15 is 0 Å². The Bertz CT molecular complexity index is 645. The summed E-state index contributed by atoms with van der Waals surface area (Å²) in [6, 6.07) is 9.82. The highest BCUT2D eigenvalue weighted by molar-refractivity contribution is 9.11. The zero-order valence-electron chi connectivity index (χ0n) is 13.4. The van der Waals surface area contributed by atoms with Crippen molar-refractivity contribution in [2.75, 3.05) is 6.61 Å². The summed E-state index contributed by atoms with van der Waals surface area (Å²) in [7, 11) is 0. The predicted molar refractivity (Wildman–Crippen MR) is 95.3 cm³/mol. The van der Waals surface area contributed by atoms with Gasteiger partial charge in [0, 0.05) is 10.6 Å². The van der Waals surface area contributed by atoms with Gasteiger partial charge in [0.2, 0.25) is 0 Å². The number of halogens is 1. The molecule has 0 saturated carbocycles. The van der Waals surface area contributed by atoms with E-state index in [1.54, 1.807) is 13.0 Å². The van der Waals surface area contributed by atoms with Crippen LogP contribution < -0.4 is 0 Å². The smallest absolute Gasteiger partial charge is 0.330 e. The van der Waals surface area contributed by atoms with Crippen molar-refractivity contribution in [3.63, 3.8) is 0 Å². The molecule has 2 rings (SSSR count). The largest absolute Gasteiger partial charge is 0.463 e. The standard InChI is InChI=1S/C19H19BrO4/c1-3-16-15(20)12-18(23-13-14-8-6-5-7-9-14)17(24-16)10-11-19(21)22-4-2/h1,5-12,16-18H,4,13H2,2H3/b11-10+. The average molecular weight is 391 g/mol. The van der Waals surface area contributed by atoms with Crippen LogP contribution in [0.4, 0.5) is 0 Å². The van der Waals surface area contributed by atoms with E-state index in [4.69, 9.17) is 20.6 Å². The summed E-state index contributed by atoms with van der Waals surface area (Å²) in [6.07, 6.45) is 8.96. The molecule has 0 saturated heterocycles. The van der Waals surface area contributed by atoms with Crippen molar-refractivity contribution in [3.05, 3.63) is 58.6 Å². The molecular formula is C19H19BrO4. The lowest BCUT2D eigenvalue weighted by atomic mass is 10.1. The molecule has 5 heteroatoms. The average Bonchev–Trinajstić information content (AvgIpc) is 2.60. The molecule has 4 nitrogen and oxygen atoms in total. The molecule has 126 valence electrons. The van der Waals surface area contributed by atoms with Crippen LogP contribution in [0.15, 0.2) is 53.0 Å². The van der Waals surface area contributed by atoms with Gasteiger partial charge in [-0.2, -0.15) is 0 Å². The summed E-state index contributed by atoms with van der Waals surface area (Å²) in [5.74, 6) is 2.13. The van der Waals surface area contributed by atoms with Crippen molar-refractivity contribution >= 4 is 21.9 Å². The van der Waals surface area contributed by atoms with Crippen LogP contribution in [0.3, 0.4) is 0 Å². The molecule has 24 heavy (non-hydrogen) atoms. The Labute approximate surface area is 150 Å². The summed E-state index contributed by atoms with van der Waals surface area (Å²) in [6.45, 7) is 2.50. The van der Waals surface area contributed by atoms with E-state index < -0.39 is 18.2 Å². The minimum absolute atomic E-state index is 0.321. The minimum atomic E-state index is -0.501. The van der Waals surface area contributed by atoms with Crippen LogP contribution in [0, 0.1) is 12.3 Å². The molecule has 0 aromatic heterocycles. The second-order valence-corrected chi connectivity index (χ2v) is 5.99. The van der Waals surface area contributed by atoms with Crippen LogP contribution in [0.5, 0.6) is 0 Å². The zero-order valence-corrected chi connectivity index (χ0v) is 14.9. The summed E-state index contributed by atoms with van der Waals surface area (Å²) in [4.78, 5) is 11.5. The molecule has 0 bridgehead atoms. The third-order valence-electron chi connectivity index (χ3n) is 3.34. The molecule has 0 radical (unpaired) electrons. The third-order valence-corrected chi connectivity index (χ3v) is 4.02. The molecule has 0 amide bonds. The minimum Gasteiger partial charge on any atom is -0.463 e. The SMILES string of the molecule is C#CC1OC(/C=C/C(=O)OCC)C(OCc2ccccc2)C=C1Br. The van der Waals surface area contributed by atoms with Crippen LogP contribution >= 0.6 is 15.9 Å². The molecule has 1 aliphatic rings. The maximum atomic E-state index is 11.5. The summed E-state index contributed by atoms with van der Waals surface area (Å²) < 4.78 is 17.4. The molecular weight excluding hydrogens is 372 g/mol. The van der Waals surface area contributed by atoms with E-state index in [1.807, 2.05) is 36.4 Å². The van der Waals surface area contributed by atoms with Gasteiger partial charge in [-0.1, -0.05) is 52.2 Å². The fourth-order valence-electron chi connectivity index (χ4n) is 2.19. The highest BCUT2D eigenvalue weighted by Gasteiger charge is 2.29. The van der Waals surface area contributed by atoms with Gasteiger partial charge in [0.1, 0.15) is 18.3 Å². The fraction of sp³-hybridized carbons (Fsp3) is 0.316. The molecule has 3 unspecified atom stereocenters. The lowest BCUT2D eigenvalue weighted by molar-refractivity contribution is -0.137. The third kappa shape index (κ3) is 5.34. The first kappa shape index (κ1) is 18.5. The lowest BCUT2D eigenvalue weighted by Gasteiger charge is -2.30. The monoisotopic (exact) mass is 390 g/mol. The van der Waals surface area contributed by atoms with Gasteiger partial charge in [-0.25, -0.2) is 4.79 Å². The van der Waals surface area contributed by atoms with Crippen LogP contribution in [-0.2, 0) is 25.6 Å². The first-order valence-corrected chi connectivity index (χ1v) is 8.42. The molecule has 0 spiro atoms. The number of benzene rings is 1. The zero-order chi connectivity index (χ0) is 17.4. The van der Waals surface area contributed by atoms with Crippen LogP contribution in [0.2, 0.25) is 0 Å². The molecule has 1 heterocycles. The first-order valence-electron chi connectivity index (χ1n) is 7.63. The number of rotatable bonds is 6. The number of ether oxygens (including phenoxy) is 3. The molecule has 0 fully saturated rings. The number of hydrogen-bond donors (Lipinski definition) is 0. The summed E-state index contributed by atoms with van der Waals surface area (Å²) >= 11 is 3.41. The van der Waals surface area contributed by atoms with E-state index in [9.17, 15) is 4.79 Å². The van der Waals surface area contributed by atoms with Crippen molar-refractivity contribution in [2.24, 2.45) is 0 Å². The molecule has 0 aliphatic carbocycles. The van der Waals surface area contributed by atoms with Crippen LogP contribution in [0.1, 0.15) is 12.5 Å². The van der Waals surface area contributed by atoms with Gasteiger partial charge < -0.3 is 14.2 Å². The topological polar surface area (TPSA) is 44.8 Å². The van der Waals surface area contributed by atoms with Gasteiger partial charge in [-0.3, -0.25) is 0 Å². The predicted octanol–water partition coefficient (Wildman–Crippen LogP) is 3.37. The quantitative estimate of drug-likeness (QED) is 0.424. The second-order valence-electron chi connectivity index (χ2n) is 5.07. The van der Waals surface area contributed by atoms with Crippen molar-refractivity contribution in [1.29, 1.82) is 0 Å². The van der Waals surface area contributed by atoms with E-state index in [1.165, 1.54) is 6.08 Å². The highest BCUT2D eigenvalue weighted by Crippen LogP contribution is 2.27. The Morgan fingerprint density at radius 3 is 2.83 bits per heavy atom. The second kappa shape index (κ2) is 9.43. The molecule has 1 aromatic rings. The van der Waals surface area contributed by atoms with Gasteiger partial charge in [0.25, 0.3) is 0 Å². The Morgan fingerprint density at radius 2 is 2.17 bits per heavy atom. The van der Waals surface area contributed by atoms with Gasteiger partial charge >= 0.3 is 5.97 Å². The van der Waals surface area contributed by atoms with Crippen LogP contribution in [-0.4, -0.2) is 30.9 Å². The maximum Gasteiger partial charge on any atom is 0.330 e. The number of esters is 1. The van der Waals surface area contributed by atoms with Gasteiger partial charge in [0.15, 0.2) is 0 Å². The molecule has 1 aliphatic heterocycles. The Morgan fingerprint density at radius 1 is 1.42 bits per heavy atom.